The van der Waals surface area contributed by atoms with E-state index in [0.717, 1.165) is 21.3 Å². The molecule has 0 spiro atoms. The SMILES string of the molecule is COc1cc(C)c(Br)c2c1CCOCC2=O. The van der Waals surface area contributed by atoms with Crippen molar-refractivity contribution in [1.29, 1.82) is 0 Å². The van der Waals surface area contributed by atoms with E-state index in [0.29, 0.717) is 18.6 Å². The number of benzene rings is 1. The lowest BCUT2D eigenvalue weighted by atomic mass is 9.98. The fourth-order valence-corrected chi connectivity index (χ4v) is 2.51. The van der Waals surface area contributed by atoms with Crippen LogP contribution in [0.5, 0.6) is 5.75 Å². The molecule has 4 heteroatoms. The van der Waals surface area contributed by atoms with E-state index in [-0.39, 0.29) is 12.4 Å². The van der Waals surface area contributed by atoms with E-state index in [2.05, 4.69) is 15.9 Å². The van der Waals surface area contributed by atoms with Crippen molar-refractivity contribution in [1.82, 2.24) is 0 Å². The highest BCUT2D eigenvalue weighted by atomic mass is 79.9. The molecule has 1 aromatic rings. The van der Waals surface area contributed by atoms with Gasteiger partial charge in [-0.2, -0.15) is 0 Å². The van der Waals surface area contributed by atoms with Crippen LogP contribution in [-0.2, 0) is 11.2 Å². The first-order valence-electron chi connectivity index (χ1n) is 5.12. The summed E-state index contributed by atoms with van der Waals surface area (Å²) in [6.45, 7) is 2.66. The lowest BCUT2D eigenvalue weighted by Gasteiger charge is -2.14. The van der Waals surface area contributed by atoms with Crippen LogP contribution in [0.3, 0.4) is 0 Å². The quantitative estimate of drug-likeness (QED) is 0.795. The van der Waals surface area contributed by atoms with Crippen molar-refractivity contribution in [2.24, 2.45) is 0 Å². The van der Waals surface area contributed by atoms with E-state index in [1.54, 1.807) is 7.11 Å². The number of fused-ring (bicyclic) bond motifs is 1. The number of ether oxygens (including phenoxy) is 2. The lowest BCUT2D eigenvalue weighted by molar-refractivity contribution is 0.0788. The number of hydrogen-bond acceptors (Lipinski definition) is 3. The zero-order valence-corrected chi connectivity index (χ0v) is 10.9. The first-order valence-corrected chi connectivity index (χ1v) is 5.91. The summed E-state index contributed by atoms with van der Waals surface area (Å²) < 4.78 is 11.4. The second-order valence-electron chi connectivity index (χ2n) is 3.79. The Morgan fingerprint density at radius 2 is 2.25 bits per heavy atom. The molecular formula is C12H13BrO3. The molecule has 3 nitrogen and oxygen atoms in total. The largest absolute Gasteiger partial charge is 0.496 e. The molecule has 0 N–H and O–H groups in total. The number of carbonyl (C=O) groups excluding carboxylic acids is 1. The van der Waals surface area contributed by atoms with Gasteiger partial charge in [-0.1, -0.05) is 0 Å². The topological polar surface area (TPSA) is 35.5 Å². The Morgan fingerprint density at radius 1 is 1.50 bits per heavy atom. The minimum atomic E-state index is 0.0152. The maximum Gasteiger partial charge on any atom is 0.190 e. The van der Waals surface area contributed by atoms with Gasteiger partial charge in [0.05, 0.1) is 13.7 Å². The highest BCUT2D eigenvalue weighted by Crippen LogP contribution is 2.34. The van der Waals surface area contributed by atoms with E-state index in [1.165, 1.54) is 0 Å². The fourth-order valence-electron chi connectivity index (χ4n) is 1.93. The van der Waals surface area contributed by atoms with Crippen molar-refractivity contribution < 1.29 is 14.3 Å². The summed E-state index contributed by atoms with van der Waals surface area (Å²) in [6, 6.07) is 1.95. The van der Waals surface area contributed by atoms with Crippen LogP contribution in [-0.4, -0.2) is 26.1 Å². The van der Waals surface area contributed by atoms with Crippen LogP contribution in [0.15, 0.2) is 10.5 Å². The molecule has 1 heterocycles. The van der Waals surface area contributed by atoms with Crippen LogP contribution in [0.4, 0.5) is 0 Å². The average molecular weight is 285 g/mol. The molecule has 0 aromatic heterocycles. The molecule has 0 bridgehead atoms. The molecule has 0 amide bonds. The first kappa shape index (κ1) is 11.6. The number of carbonyl (C=O) groups is 1. The van der Waals surface area contributed by atoms with E-state index < -0.39 is 0 Å². The number of rotatable bonds is 1. The summed E-state index contributed by atoms with van der Waals surface area (Å²) in [5.74, 6) is 0.788. The predicted octanol–water partition coefficient (Wildman–Crippen LogP) is 2.52. The third kappa shape index (κ3) is 1.87. The van der Waals surface area contributed by atoms with Gasteiger partial charge in [0.15, 0.2) is 5.78 Å². The number of hydrogen-bond donors (Lipinski definition) is 0. The van der Waals surface area contributed by atoms with Gasteiger partial charge in [-0.15, -0.1) is 0 Å². The smallest absolute Gasteiger partial charge is 0.190 e. The maximum absolute atomic E-state index is 11.9. The van der Waals surface area contributed by atoms with E-state index >= 15 is 0 Å². The summed E-state index contributed by atoms with van der Waals surface area (Å²) in [4.78, 5) is 11.9. The van der Waals surface area contributed by atoms with Crippen molar-refractivity contribution >= 4 is 21.7 Å². The number of aryl methyl sites for hydroxylation is 1. The molecule has 1 aliphatic heterocycles. The molecule has 0 radical (unpaired) electrons. The van der Waals surface area contributed by atoms with Crippen LogP contribution in [0.2, 0.25) is 0 Å². The summed E-state index contributed by atoms with van der Waals surface area (Å²) in [5.41, 5.74) is 2.67. The zero-order valence-electron chi connectivity index (χ0n) is 9.30. The van der Waals surface area contributed by atoms with Gasteiger partial charge in [0.2, 0.25) is 0 Å². The Morgan fingerprint density at radius 3 is 2.94 bits per heavy atom. The Kier molecular flexibility index (Phi) is 3.30. The third-order valence-electron chi connectivity index (χ3n) is 2.74. The lowest BCUT2D eigenvalue weighted by Crippen LogP contribution is -2.09. The molecule has 16 heavy (non-hydrogen) atoms. The summed E-state index contributed by atoms with van der Waals surface area (Å²) in [6.07, 6.45) is 0.711. The van der Waals surface area contributed by atoms with Crippen LogP contribution in [0, 0.1) is 6.92 Å². The molecule has 2 rings (SSSR count). The average Bonchev–Trinajstić information content (AvgIpc) is 2.46. The van der Waals surface area contributed by atoms with Crippen molar-refractivity contribution in [2.75, 3.05) is 20.3 Å². The second kappa shape index (κ2) is 4.55. The van der Waals surface area contributed by atoms with Crippen LogP contribution in [0.1, 0.15) is 21.5 Å². The minimum absolute atomic E-state index is 0.0152. The molecule has 0 saturated carbocycles. The molecule has 86 valence electrons. The summed E-state index contributed by atoms with van der Waals surface area (Å²) in [7, 11) is 1.62. The van der Waals surface area contributed by atoms with Gasteiger partial charge in [0, 0.05) is 22.0 Å². The predicted molar refractivity (Wildman–Crippen MR) is 64.3 cm³/mol. The Labute approximate surface area is 103 Å². The van der Waals surface area contributed by atoms with Crippen LogP contribution < -0.4 is 4.74 Å². The Bertz CT molecular complexity index is 440. The van der Waals surface area contributed by atoms with Gasteiger partial charge in [0.25, 0.3) is 0 Å². The molecule has 0 unspecified atom stereocenters. The van der Waals surface area contributed by atoms with Crippen molar-refractivity contribution in [2.45, 2.75) is 13.3 Å². The first-order chi connectivity index (χ1) is 7.65. The molecule has 1 aromatic carbocycles. The molecule has 1 aliphatic rings. The van der Waals surface area contributed by atoms with Gasteiger partial charge in [-0.25, -0.2) is 0 Å². The Balaban J connectivity index is 2.68. The summed E-state index contributed by atoms with van der Waals surface area (Å²) >= 11 is 3.47. The van der Waals surface area contributed by atoms with Gasteiger partial charge < -0.3 is 9.47 Å². The highest BCUT2D eigenvalue weighted by molar-refractivity contribution is 9.10. The van der Waals surface area contributed by atoms with E-state index in [1.807, 2.05) is 13.0 Å². The molecule has 0 aliphatic carbocycles. The van der Waals surface area contributed by atoms with Gasteiger partial charge >= 0.3 is 0 Å². The number of Topliss-reactive ketones (excluding diaryl/α,β-unsaturated/α-hetero) is 1. The van der Waals surface area contributed by atoms with Gasteiger partial charge in [-0.3, -0.25) is 4.79 Å². The van der Waals surface area contributed by atoms with E-state index in [4.69, 9.17) is 9.47 Å². The van der Waals surface area contributed by atoms with Crippen LogP contribution in [0.25, 0.3) is 0 Å². The van der Waals surface area contributed by atoms with Crippen molar-refractivity contribution in [3.05, 3.63) is 27.2 Å². The molecule has 0 fully saturated rings. The fraction of sp³-hybridized carbons (Fsp3) is 0.417. The standard InChI is InChI=1S/C12H13BrO3/c1-7-5-10(15-2)8-3-4-16-6-9(14)11(8)12(7)13/h5H,3-4,6H2,1-2H3. The van der Waals surface area contributed by atoms with Crippen molar-refractivity contribution in [3.63, 3.8) is 0 Å². The number of halogens is 1. The molecular weight excluding hydrogens is 272 g/mol. The normalized spacial score (nSPS) is 15.6. The van der Waals surface area contributed by atoms with Gasteiger partial charge in [0.1, 0.15) is 12.4 Å². The van der Waals surface area contributed by atoms with Gasteiger partial charge in [-0.05, 0) is 34.5 Å². The highest BCUT2D eigenvalue weighted by Gasteiger charge is 2.23. The monoisotopic (exact) mass is 284 g/mol. The maximum atomic E-state index is 11.9. The zero-order chi connectivity index (χ0) is 11.7. The molecule has 0 atom stereocenters. The third-order valence-corrected chi connectivity index (χ3v) is 3.76. The number of methoxy groups -OCH3 is 1. The van der Waals surface area contributed by atoms with Crippen LogP contribution >= 0.6 is 15.9 Å². The Hall–Kier alpha value is -0.870. The van der Waals surface area contributed by atoms with E-state index in [9.17, 15) is 4.79 Å². The summed E-state index contributed by atoms with van der Waals surface area (Å²) in [5, 5.41) is 0. The number of ketones is 1. The minimum Gasteiger partial charge on any atom is -0.496 e. The van der Waals surface area contributed by atoms with Crippen molar-refractivity contribution in [3.8, 4) is 5.75 Å². The second-order valence-corrected chi connectivity index (χ2v) is 4.58. The molecule has 0 saturated heterocycles.